The SMILES string of the molecule is CCCC1CCCC(C(C)C)C1O. The van der Waals surface area contributed by atoms with Crippen molar-refractivity contribution >= 4 is 0 Å². The Labute approximate surface area is 82.5 Å². The van der Waals surface area contributed by atoms with Crippen molar-refractivity contribution in [2.24, 2.45) is 17.8 Å². The molecule has 1 saturated carbocycles. The van der Waals surface area contributed by atoms with Crippen molar-refractivity contribution in [1.82, 2.24) is 0 Å². The van der Waals surface area contributed by atoms with Crippen LogP contribution >= 0.6 is 0 Å². The molecule has 13 heavy (non-hydrogen) atoms. The van der Waals surface area contributed by atoms with Gasteiger partial charge in [-0.05, 0) is 37.0 Å². The fraction of sp³-hybridized carbons (Fsp3) is 1.00. The van der Waals surface area contributed by atoms with Crippen molar-refractivity contribution in [2.75, 3.05) is 0 Å². The van der Waals surface area contributed by atoms with Crippen LogP contribution < -0.4 is 0 Å². The molecule has 0 aromatic rings. The molecule has 0 aromatic carbocycles. The maximum Gasteiger partial charge on any atom is 0.0598 e. The summed E-state index contributed by atoms with van der Waals surface area (Å²) in [4.78, 5) is 0. The van der Waals surface area contributed by atoms with Crippen molar-refractivity contribution in [2.45, 2.75) is 59.0 Å². The zero-order valence-electron chi connectivity index (χ0n) is 9.29. The highest BCUT2D eigenvalue weighted by atomic mass is 16.3. The maximum absolute atomic E-state index is 10.1. The lowest BCUT2D eigenvalue weighted by molar-refractivity contribution is -0.00566. The third-order valence-electron chi connectivity index (χ3n) is 3.55. The molecule has 1 fully saturated rings. The van der Waals surface area contributed by atoms with Crippen LogP contribution in [0.3, 0.4) is 0 Å². The van der Waals surface area contributed by atoms with Gasteiger partial charge in [0.15, 0.2) is 0 Å². The van der Waals surface area contributed by atoms with E-state index >= 15 is 0 Å². The first-order chi connectivity index (χ1) is 6.16. The highest BCUT2D eigenvalue weighted by Gasteiger charge is 2.32. The van der Waals surface area contributed by atoms with Crippen molar-refractivity contribution in [3.8, 4) is 0 Å². The molecular weight excluding hydrogens is 160 g/mol. The second kappa shape index (κ2) is 4.99. The van der Waals surface area contributed by atoms with E-state index in [-0.39, 0.29) is 6.10 Å². The van der Waals surface area contributed by atoms with E-state index in [1.165, 1.54) is 32.1 Å². The molecule has 0 bridgehead atoms. The molecule has 0 amide bonds. The van der Waals surface area contributed by atoms with E-state index in [9.17, 15) is 5.11 Å². The molecule has 1 N–H and O–H groups in total. The average Bonchev–Trinajstić information content (AvgIpc) is 2.08. The summed E-state index contributed by atoms with van der Waals surface area (Å²) in [6.45, 7) is 6.69. The molecule has 78 valence electrons. The summed E-state index contributed by atoms with van der Waals surface area (Å²) in [5.41, 5.74) is 0. The normalized spacial score (nSPS) is 35.3. The Morgan fingerprint density at radius 1 is 1.31 bits per heavy atom. The highest BCUT2D eigenvalue weighted by molar-refractivity contribution is 4.83. The summed E-state index contributed by atoms with van der Waals surface area (Å²) in [5.74, 6) is 1.80. The molecule has 0 aliphatic heterocycles. The van der Waals surface area contributed by atoms with Crippen molar-refractivity contribution in [3.05, 3.63) is 0 Å². The van der Waals surface area contributed by atoms with Crippen LogP contribution in [0.4, 0.5) is 0 Å². The van der Waals surface area contributed by atoms with Gasteiger partial charge in [-0.25, -0.2) is 0 Å². The van der Waals surface area contributed by atoms with Crippen molar-refractivity contribution in [1.29, 1.82) is 0 Å². The molecule has 0 spiro atoms. The van der Waals surface area contributed by atoms with Gasteiger partial charge in [0.2, 0.25) is 0 Å². The standard InChI is InChI=1S/C12H24O/c1-4-6-10-7-5-8-11(9(2)3)12(10)13/h9-13H,4-8H2,1-3H3. The smallest absolute Gasteiger partial charge is 0.0598 e. The van der Waals surface area contributed by atoms with Gasteiger partial charge in [0, 0.05) is 0 Å². The molecule has 1 heteroatoms. The first-order valence-corrected chi connectivity index (χ1v) is 5.84. The highest BCUT2D eigenvalue weighted by Crippen LogP contribution is 2.35. The van der Waals surface area contributed by atoms with Gasteiger partial charge in [-0.3, -0.25) is 0 Å². The number of aliphatic hydroxyl groups excluding tert-OH is 1. The Kier molecular flexibility index (Phi) is 4.24. The van der Waals surface area contributed by atoms with E-state index in [0.29, 0.717) is 17.8 Å². The van der Waals surface area contributed by atoms with Crippen LogP contribution in [0.25, 0.3) is 0 Å². The number of rotatable bonds is 3. The van der Waals surface area contributed by atoms with Gasteiger partial charge in [-0.15, -0.1) is 0 Å². The van der Waals surface area contributed by atoms with E-state index in [1.54, 1.807) is 0 Å². The summed E-state index contributed by atoms with van der Waals surface area (Å²) >= 11 is 0. The molecule has 0 saturated heterocycles. The minimum atomic E-state index is -0.0197. The molecule has 1 aliphatic carbocycles. The Morgan fingerprint density at radius 3 is 2.54 bits per heavy atom. The molecule has 3 unspecified atom stereocenters. The number of hydrogen-bond donors (Lipinski definition) is 1. The Morgan fingerprint density at radius 2 is 2.00 bits per heavy atom. The zero-order valence-corrected chi connectivity index (χ0v) is 9.29. The lowest BCUT2D eigenvalue weighted by atomic mass is 9.72. The Balaban J connectivity index is 2.49. The van der Waals surface area contributed by atoms with E-state index in [1.807, 2.05) is 0 Å². The quantitative estimate of drug-likeness (QED) is 0.714. The predicted molar refractivity (Wildman–Crippen MR) is 56.6 cm³/mol. The van der Waals surface area contributed by atoms with Gasteiger partial charge in [-0.2, -0.15) is 0 Å². The third-order valence-corrected chi connectivity index (χ3v) is 3.55. The fourth-order valence-corrected chi connectivity index (χ4v) is 2.72. The lowest BCUT2D eigenvalue weighted by Crippen LogP contribution is -2.36. The second-order valence-corrected chi connectivity index (χ2v) is 4.88. The first-order valence-electron chi connectivity index (χ1n) is 5.84. The first kappa shape index (κ1) is 11.0. The molecule has 0 radical (unpaired) electrons. The van der Waals surface area contributed by atoms with Gasteiger partial charge in [0.05, 0.1) is 6.10 Å². The van der Waals surface area contributed by atoms with E-state index in [4.69, 9.17) is 0 Å². The van der Waals surface area contributed by atoms with Crippen molar-refractivity contribution < 1.29 is 5.11 Å². The lowest BCUT2D eigenvalue weighted by Gasteiger charge is -2.37. The van der Waals surface area contributed by atoms with Crippen LogP contribution in [0.1, 0.15) is 52.9 Å². The monoisotopic (exact) mass is 184 g/mol. The summed E-state index contributed by atoms with van der Waals surface area (Å²) in [6, 6.07) is 0. The summed E-state index contributed by atoms with van der Waals surface area (Å²) in [5, 5.41) is 10.1. The summed E-state index contributed by atoms with van der Waals surface area (Å²) in [7, 11) is 0. The molecule has 1 nitrogen and oxygen atoms in total. The fourth-order valence-electron chi connectivity index (χ4n) is 2.72. The largest absolute Gasteiger partial charge is 0.393 e. The second-order valence-electron chi connectivity index (χ2n) is 4.88. The number of hydrogen-bond acceptors (Lipinski definition) is 1. The summed E-state index contributed by atoms with van der Waals surface area (Å²) in [6.07, 6.45) is 6.22. The van der Waals surface area contributed by atoms with Crippen LogP contribution in [-0.2, 0) is 0 Å². The number of aliphatic hydroxyl groups is 1. The van der Waals surface area contributed by atoms with Crippen LogP contribution in [0.15, 0.2) is 0 Å². The van der Waals surface area contributed by atoms with Crippen LogP contribution in [0.2, 0.25) is 0 Å². The minimum Gasteiger partial charge on any atom is -0.393 e. The Hall–Kier alpha value is -0.0400. The van der Waals surface area contributed by atoms with Gasteiger partial charge < -0.3 is 5.11 Å². The zero-order chi connectivity index (χ0) is 9.84. The van der Waals surface area contributed by atoms with Crippen molar-refractivity contribution in [3.63, 3.8) is 0 Å². The predicted octanol–water partition coefficient (Wildman–Crippen LogP) is 3.22. The third kappa shape index (κ3) is 2.70. The topological polar surface area (TPSA) is 20.2 Å². The Bertz CT molecular complexity index is 140. The van der Waals surface area contributed by atoms with Crippen LogP contribution in [-0.4, -0.2) is 11.2 Å². The molecule has 3 atom stereocenters. The molecular formula is C12H24O. The summed E-state index contributed by atoms with van der Waals surface area (Å²) < 4.78 is 0. The molecule has 1 rings (SSSR count). The van der Waals surface area contributed by atoms with Crippen LogP contribution in [0.5, 0.6) is 0 Å². The maximum atomic E-state index is 10.1. The van der Waals surface area contributed by atoms with Gasteiger partial charge in [0.1, 0.15) is 0 Å². The van der Waals surface area contributed by atoms with Gasteiger partial charge in [-0.1, -0.05) is 33.6 Å². The van der Waals surface area contributed by atoms with Gasteiger partial charge in [0.25, 0.3) is 0 Å². The van der Waals surface area contributed by atoms with E-state index in [2.05, 4.69) is 20.8 Å². The van der Waals surface area contributed by atoms with Gasteiger partial charge >= 0.3 is 0 Å². The van der Waals surface area contributed by atoms with E-state index < -0.39 is 0 Å². The van der Waals surface area contributed by atoms with Crippen LogP contribution in [0, 0.1) is 17.8 Å². The molecule has 0 heterocycles. The molecule has 1 aliphatic rings. The molecule has 0 aromatic heterocycles. The average molecular weight is 184 g/mol. The minimum absolute atomic E-state index is 0.0197. The van der Waals surface area contributed by atoms with E-state index in [0.717, 1.165) is 0 Å².